The van der Waals surface area contributed by atoms with Gasteiger partial charge in [-0.25, -0.2) is 24.3 Å². The number of hydrogen-bond acceptors (Lipinski definition) is 14. The van der Waals surface area contributed by atoms with Gasteiger partial charge in [-0.3, -0.25) is 0 Å². The van der Waals surface area contributed by atoms with Crippen LogP contribution in [0.25, 0.3) is 21.8 Å². The fraction of sp³-hybridized carbons (Fsp3) is 0.378. The van der Waals surface area contributed by atoms with E-state index in [4.69, 9.17) is 68.0 Å². The molecule has 0 saturated carbocycles. The van der Waals surface area contributed by atoms with Crippen LogP contribution in [-0.2, 0) is 14.2 Å². The first-order valence-electron chi connectivity index (χ1n) is 20.6. The number of benzene rings is 4. The molecule has 2 aromatic heterocycles. The summed E-state index contributed by atoms with van der Waals surface area (Å²) in [6, 6.07) is 16.7. The highest BCUT2D eigenvalue weighted by molar-refractivity contribution is 9.10. The van der Waals surface area contributed by atoms with Crippen molar-refractivity contribution in [3.63, 3.8) is 0 Å². The first kappa shape index (κ1) is 44.7. The van der Waals surface area contributed by atoms with E-state index in [1.807, 2.05) is 18.2 Å². The highest BCUT2D eigenvalue weighted by Crippen LogP contribution is 2.42. The monoisotopic (exact) mass is 997 g/mol. The average Bonchev–Trinajstić information content (AvgIpc) is 3.94. The zero-order chi connectivity index (χ0) is 44.6. The summed E-state index contributed by atoms with van der Waals surface area (Å²) in [6.45, 7) is 0.829. The van der Waals surface area contributed by atoms with Gasteiger partial charge in [-0.15, -0.1) is 0 Å². The molecule has 4 saturated heterocycles. The molecule has 4 aliphatic heterocycles. The normalized spacial score (nSPS) is 23.7. The van der Waals surface area contributed by atoms with Crippen molar-refractivity contribution in [2.24, 2.45) is 0 Å². The third-order valence-electron chi connectivity index (χ3n) is 12.2. The maximum absolute atomic E-state index is 14.4. The zero-order valence-corrected chi connectivity index (χ0v) is 39.0. The van der Waals surface area contributed by atoms with Gasteiger partial charge in [-0.2, -0.15) is 0 Å². The van der Waals surface area contributed by atoms with Gasteiger partial charge in [0.1, 0.15) is 54.5 Å². The first-order valence-corrected chi connectivity index (χ1v) is 22.5. The van der Waals surface area contributed by atoms with Crippen molar-refractivity contribution in [3.05, 3.63) is 92.6 Å². The zero-order valence-electron chi connectivity index (χ0n) is 35.1. The number of rotatable bonds is 11. The van der Waals surface area contributed by atoms with Crippen LogP contribution in [-0.4, -0.2) is 109 Å². The number of piperidine rings is 1. The van der Waals surface area contributed by atoms with E-state index >= 15 is 0 Å². The highest BCUT2D eigenvalue weighted by Gasteiger charge is 2.49. The maximum Gasteiger partial charge on any atom is 0.164 e. The van der Waals surface area contributed by atoms with E-state index in [9.17, 15) is 4.39 Å². The van der Waals surface area contributed by atoms with Gasteiger partial charge in [0.05, 0.1) is 59.2 Å². The van der Waals surface area contributed by atoms with Crippen LogP contribution in [0, 0.1) is 5.82 Å². The van der Waals surface area contributed by atoms with Crippen molar-refractivity contribution in [2.45, 2.75) is 68.3 Å². The number of nitrogens with zero attached hydrogens (tertiary/aromatic N) is 5. The van der Waals surface area contributed by atoms with Crippen molar-refractivity contribution in [2.75, 3.05) is 52.2 Å². The smallest absolute Gasteiger partial charge is 0.164 e. The molecule has 64 heavy (non-hydrogen) atoms. The van der Waals surface area contributed by atoms with Crippen LogP contribution in [0.5, 0.6) is 23.0 Å². The molecule has 4 fully saturated rings. The molecule has 0 radical (unpaired) electrons. The summed E-state index contributed by atoms with van der Waals surface area (Å²) in [5, 5.41) is 9.09. The van der Waals surface area contributed by atoms with Crippen LogP contribution in [0.2, 0.25) is 15.1 Å². The first-order chi connectivity index (χ1) is 31.0. The molecular formula is C45H44BrCl3FN7O7. The Kier molecular flexibility index (Phi) is 13.4. The number of halogens is 5. The molecule has 0 amide bonds. The van der Waals surface area contributed by atoms with E-state index in [0.717, 1.165) is 35.2 Å². The molecule has 2 unspecified atom stereocenters. The van der Waals surface area contributed by atoms with Crippen LogP contribution >= 0.6 is 50.7 Å². The van der Waals surface area contributed by atoms with Gasteiger partial charge >= 0.3 is 0 Å². The molecule has 19 heteroatoms. The van der Waals surface area contributed by atoms with Gasteiger partial charge in [0.15, 0.2) is 29.1 Å². The Morgan fingerprint density at radius 1 is 0.688 bits per heavy atom. The SMILES string of the molecule is COc1cc2c(Nc3cc(Cl)c(Br)cc3F)ncnc2cc1O[C@H]1CO[C@H]2[C@@H]1OC[C@@H]2OC.COc1cc2c(Nc3ccc(Cl)c(Cl)c3)ncnc2cc1OC1CC2CCC(C1)N2C. The van der Waals surface area contributed by atoms with Gasteiger partial charge in [0, 0.05) is 52.3 Å². The second kappa shape index (κ2) is 19.1. The Morgan fingerprint density at radius 2 is 1.28 bits per heavy atom. The molecule has 336 valence electrons. The van der Waals surface area contributed by atoms with Crippen LogP contribution in [0.15, 0.2) is 71.7 Å². The molecule has 6 aromatic rings. The van der Waals surface area contributed by atoms with E-state index in [-0.39, 0.29) is 36.2 Å². The topological polar surface area (TPSA) is 143 Å². The molecule has 2 N–H and O–H groups in total. The Balaban J connectivity index is 0.000000162. The molecular weight excluding hydrogens is 956 g/mol. The lowest BCUT2D eigenvalue weighted by atomic mass is 10.0. The number of ether oxygens (including phenoxy) is 7. The number of nitrogens with one attached hydrogen (secondary N) is 2. The fourth-order valence-electron chi connectivity index (χ4n) is 8.82. The van der Waals surface area contributed by atoms with Crippen LogP contribution in [0.1, 0.15) is 25.7 Å². The second-order valence-electron chi connectivity index (χ2n) is 15.9. The predicted molar refractivity (Wildman–Crippen MR) is 247 cm³/mol. The number of fused-ring (bicyclic) bond motifs is 5. The van der Waals surface area contributed by atoms with Crippen molar-refractivity contribution in [1.29, 1.82) is 0 Å². The summed E-state index contributed by atoms with van der Waals surface area (Å²) in [5.41, 5.74) is 2.34. The molecule has 0 aliphatic carbocycles. The van der Waals surface area contributed by atoms with E-state index in [1.54, 1.807) is 45.6 Å². The van der Waals surface area contributed by atoms with Gasteiger partial charge in [-0.1, -0.05) is 34.8 Å². The van der Waals surface area contributed by atoms with Crippen molar-refractivity contribution in [1.82, 2.24) is 24.8 Å². The summed E-state index contributed by atoms with van der Waals surface area (Å²) in [4.78, 5) is 20.0. The van der Waals surface area contributed by atoms with Gasteiger partial charge in [0.25, 0.3) is 0 Å². The Bertz CT molecular complexity index is 2680. The Morgan fingerprint density at radius 3 is 1.89 bits per heavy atom. The third-order valence-corrected chi connectivity index (χ3v) is 14.1. The standard InChI is InChI=1S/C23H24Cl2N4O2.C22H20BrClFN3O5/c1-29-14-4-5-15(29)9-16(8-14)31-22-11-20-17(10-21(22)30-2)23(27-12-26-20)28-13-3-6-18(24)19(25)7-13;1-29-16-3-10-14(6-17(16)33-19-8-32-20-18(30-2)7-31-21(19)20)26-9-27-22(10)28-15-5-12(24)11(23)4-13(15)25/h3,6-7,10-12,14-16H,4-5,8-9H2,1-2H3,(H,26,27,28);3-6,9,18-21H,7-8H2,1-2H3,(H,26,27,28)/t;18-,19-,20+,21+/m.0/s1. The summed E-state index contributed by atoms with van der Waals surface area (Å²) >= 11 is 21.5. The Hall–Kier alpha value is -4.52. The average molecular weight is 1000 g/mol. The van der Waals surface area contributed by atoms with Gasteiger partial charge in [-0.05, 0) is 91.1 Å². The highest BCUT2D eigenvalue weighted by atomic mass is 79.9. The van der Waals surface area contributed by atoms with Gasteiger partial charge in [0.2, 0.25) is 0 Å². The molecule has 6 heterocycles. The predicted octanol–water partition coefficient (Wildman–Crippen LogP) is 10.2. The molecule has 14 nitrogen and oxygen atoms in total. The van der Waals surface area contributed by atoms with E-state index in [2.05, 4.69) is 58.4 Å². The van der Waals surface area contributed by atoms with E-state index in [1.165, 1.54) is 37.6 Å². The van der Waals surface area contributed by atoms with Gasteiger partial charge < -0.3 is 48.7 Å². The summed E-state index contributed by atoms with van der Waals surface area (Å²) in [5.74, 6) is 2.94. The largest absolute Gasteiger partial charge is 0.493 e. The molecule has 0 spiro atoms. The third kappa shape index (κ3) is 9.16. The second-order valence-corrected chi connectivity index (χ2v) is 18.0. The minimum Gasteiger partial charge on any atom is -0.493 e. The fourth-order valence-corrected chi connectivity index (χ4v) is 9.60. The molecule has 6 atom stereocenters. The summed E-state index contributed by atoms with van der Waals surface area (Å²) in [6.07, 6.45) is 6.88. The number of anilines is 4. The van der Waals surface area contributed by atoms with Crippen LogP contribution in [0.4, 0.5) is 27.4 Å². The van der Waals surface area contributed by atoms with Crippen molar-refractivity contribution in [3.8, 4) is 23.0 Å². The van der Waals surface area contributed by atoms with E-state index in [0.29, 0.717) is 84.6 Å². The molecule has 2 bridgehead atoms. The van der Waals surface area contributed by atoms with Crippen molar-refractivity contribution >= 4 is 95.5 Å². The lowest BCUT2D eigenvalue weighted by Gasteiger charge is -2.36. The number of methoxy groups -OCH3 is 3. The lowest BCUT2D eigenvalue weighted by Crippen LogP contribution is -2.43. The van der Waals surface area contributed by atoms with Crippen LogP contribution < -0.4 is 29.6 Å². The molecule has 10 rings (SSSR count). The summed E-state index contributed by atoms with van der Waals surface area (Å²) < 4.78 is 55.9. The minimum absolute atomic E-state index is 0.115. The Labute approximate surface area is 392 Å². The van der Waals surface area contributed by atoms with Crippen LogP contribution in [0.3, 0.4) is 0 Å². The van der Waals surface area contributed by atoms with E-state index < -0.39 is 5.82 Å². The molecule has 4 aliphatic rings. The minimum atomic E-state index is -0.480. The summed E-state index contributed by atoms with van der Waals surface area (Å²) in [7, 11) is 7.07. The number of hydrogen-bond donors (Lipinski definition) is 2. The number of aromatic nitrogens is 4. The lowest BCUT2D eigenvalue weighted by molar-refractivity contribution is -0.0140. The maximum atomic E-state index is 14.4. The van der Waals surface area contributed by atoms with Crippen molar-refractivity contribution < 1.29 is 37.5 Å². The molecule has 4 aromatic carbocycles. The quantitative estimate of drug-likeness (QED) is 0.119.